The number of hydrogen-bond donors (Lipinski definition) is 3. The number of anilines is 2. The van der Waals surface area contributed by atoms with Crippen molar-refractivity contribution >= 4 is 27.6 Å². The van der Waals surface area contributed by atoms with Crippen LogP contribution in [0.4, 0.5) is 29.2 Å². The van der Waals surface area contributed by atoms with E-state index in [9.17, 15) is 26.0 Å². The van der Waals surface area contributed by atoms with Crippen LogP contribution in [0, 0.1) is 5.82 Å². The molecule has 2 rings (SSSR count). The highest BCUT2D eigenvalue weighted by atomic mass is 32.2. The van der Waals surface area contributed by atoms with Gasteiger partial charge in [-0.05, 0) is 36.4 Å². The number of sulfonamides is 1. The predicted octanol–water partition coefficient (Wildman–Crippen LogP) is 2.24. The van der Waals surface area contributed by atoms with Gasteiger partial charge in [0.15, 0.2) is 0 Å². The Morgan fingerprint density at radius 3 is 2.08 bits per heavy atom. The summed E-state index contributed by atoms with van der Waals surface area (Å²) in [7, 11) is -3.78. The molecule has 25 heavy (non-hydrogen) atoms. The molecule has 2 aromatic rings. The fourth-order valence-corrected chi connectivity index (χ4v) is 2.32. The van der Waals surface area contributed by atoms with Crippen molar-refractivity contribution in [1.82, 2.24) is 4.98 Å². The summed E-state index contributed by atoms with van der Waals surface area (Å²) in [6, 6.07) is 9.06. The Balaban J connectivity index is 0.000000381. The van der Waals surface area contributed by atoms with Gasteiger partial charge in [0.2, 0.25) is 0 Å². The van der Waals surface area contributed by atoms with Crippen molar-refractivity contribution in [1.29, 1.82) is 0 Å². The SMILES string of the molecule is Nc1cccc(NS(=O)(=O)c2ccc(F)cc2)n1.O=C(O)C(F)(F)F. The second kappa shape index (κ2) is 7.79. The molecule has 4 N–H and O–H groups in total. The van der Waals surface area contributed by atoms with Crippen LogP contribution in [0.25, 0.3) is 0 Å². The summed E-state index contributed by atoms with van der Waals surface area (Å²) in [4.78, 5) is 12.7. The number of carbonyl (C=O) groups is 1. The Bertz CT molecular complexity index is 839. The van der Waals surface area contributed by atoms with Gasteiger partial charge in [-0.1, -0.05) is 6.07 Å². The summed E-state index contributed by atoms with van der Waals surface area (Å²) in [5.74, 6) is -2.95. The van der Waals surface area contributed by atoms with Crippen molar-refractivity contribution in [3.05, 3.63) is 48.3 Å². The Morgan fingerprint density at radius 1 is 1.12 bits per heavy atom. The fourth-order valence-electron chi connectivity index (χ4n) is 1.32. The van der Waals surface area contributed by atoms with Crippen LogP contribution >= 0.6 is 0 Å². The van der Waals surface area contributed by atoms with Crippen molar-refractivity contribution in [2.75, 3.05) is 10.5 Å². The third kappa shape index (κ3) is 6.63. The lowest BCUT2D eigenvalue weighted by atomic mass is 10.4. The molecule has 12 heteroatoms. The Kier molecular flexibility index (Phi) is 6.28. The van der Waals surface area contributed by atoms with Gasteiger partial charge in [0.25, 0.3) is 10.0 Å². The average Bonchev–Trinajstić information content (AvgIpc) is 2.46. The molecular formula is C13H11F4N3O4S. The van der Waals surface area contributed by atoms with Gasteiger partial charge in [-0.3, -0.25) is 4.72 Å². The summed E-state index contributed by atoms with van der Waals surface area (Å²) in [5, 5.41) is 7.12. The second-order valence-corrected chi connectivity index (χ2v) is 5.99. The van der Waals surface area contributed by atoms with Gasteiger partial charge in [-0.2, -0.15) is 13.2 Å². The molecule has 0 amide bonds. The molecule has 0 aliphatic carbocycles. The highest BCUT2D eigenvalue weighted by Crippen LogP contribution is 2.15. The minimum atomic E-state index is -5.08. The number of nitrogens with one attached hydrogen (secondary N) is 1. The Morgan fingerprint density at radius 2 is 1.64 bits per heavy atom. The number of carboxylic acids is 1. The molecule has 1 aromatic heterocycles. The fraction of sp³-hybridized carbons (Fsp3) is 0.0769. The standard InChI is InChI=1S/C11H10FN3O2S.C2HF3O2/c12-8-4-6-9(7-5-8)18(16,17)15-11-3-1-2-10(13)14-11;3-2(4,5)1(6)7/h1-7H,(H3,13,14,15);(H,6,7). The molecule has 0 spiro atoms. The van der Waals surface area contributed by atoms with E-state index in [0.29, 0.717) is 0 Å². The number of pyridine rings is 1. The summed E-state index contributed by atoms with van der Waals surface area (Å²) in [5.41, 5.74) is 5.44. The van der Waals surface area contributed by atoms with Crippen molar-refractivity contribution in [2.24, 2.45) is 0 Å². The normalized spacial score (nSPS) is 11.2. The van der Waals surface area contributed by atoms with E-state index in [1.54, 1.807) is 6.07 Å². The monoisotopic (exact) mass is 381 g/mol. The number of alkyl halides is 3. The maximum atomic E-state index is 12.7. The zero-order valence-electron chi connectivity index (χ0n) is 12.2. The number of hydrogen-bond acceptors (Lipinski definition) is 5. The first kappa shape index (κ1) is 20.2. The third-order valence-corrected chi connectivity index (χ3v) is 3.75. The van der Waals surface area contributed by atoms with Crippen molar-refractivity contribution < 1.29 is 35.9 Å². The molecule has 0 fully saturated rings. The van der Waals surface area contributed by atoms with Gasteiger partial charge in [-0.15, -0.1) is 0 Å². The third-order valence-electron chi connectivity index (χ3n) is 2.38. The van der Waals surface area contributed by atoms with Gasteiger partial charge in [0.1, 0.15) is 17.5 Å². The lowest BCUT2D eigenvalue weighted by molar-refractivity contribution is -0.192. The van der Waals surface area contributed by atoms with Crippen LogP contribution in [0.2, 0.25) is 0 Å². The molecule has 0 saturated carbocycles. The first-order valence-electron chi connectivity index (χ1n) is 6.23. The van der Waals surface area contributed by atoms with Crippen molar-refractivity contribution in [3.8, 4) is 0 Å². The van der Waals surface area contributed by atoms with E-state index in [-0.39, 0.29) is 16.5 Å². The summed E-state index contributed by atoms with van der Waals surface area (Å²) in [6.45, 7) is 0. The quantitative estimate of drug-likeness (QED) is 0.701. The van der Waals surface area contributed by atoms with E-state index in [2.05, 4.69) is 9.71 Å². The van der Waals surface area contributed by atoms with E-state index in [1.807, 2.05) is 0 Å². The van der Waals surface area contributed by atoms with Crippen LogP contribution < -0.4 is 10.5 Å². The first-order valence-corrected chi connectivity index (χ1v) is 7.71. The summed E-state index contributed by atoms with van der Waals surface area (Å²) < 4.78 is 70.5. The van der Waals surface area contributed by atoms with E-state index in [1.165, 1.54) is 24.3 Å². The molecule has 0 radical (unpaired) electrons. The van der Waals surface area contributed by atoms with E-state index in [4.69, 9.17) is 15.6 Å². The molecule has 0 unspecified atom stereocenters. The number of carboxylic acid groups (broad SMARTS) is 1. The number of benzene rings is 1. The Hall–Kier alpha value is -2.89. The average molecular weight is 381 g/mol. The van der Waals surface area contributed by atoms with Crippen LogP contribution in [0.15, 0.2) is 47.4 Å². The van der Waals surface area contributed by atoms with Gasteiger partial charge in [-0.25, -0.2) is 22.6 Å². The lowest BCUT2D eigenvalue weighted by Gasteiger charge is -2.07. The number of nitrogens with two attached hydrogens (primary N) is 1. The van der Waals surface area contributed by atoms with Crippen LogP contribution in [-0.4, -0.2) is 30.7 Å². The molecule has 0 aliphatic rings. The lowest BCUT2D eigenvalue weighted by Crippen LogP contribution is -2.21. The molecule has 0 atom stereocenters. The van der Waals surface area contributed by atoms with Gasteiger partial charge in [0.05, 0.1) is 4.90 Å². The zero-order chi connectivity index (χ0) is 19.3. The first-order chi connectivity index (χ1) is 11.4. The minimum absolute atomic E-state index is 0.0480. The van der Waals surface area contributed by atoms with Crippen LogP contribution in [0.5, 0.6) is 0 Å². The van der Waals surface area contributed by atoms with E-state index < -0.39 is 28.0 Å². The minimum Gasteiger partial charge on any atom is -0.475 e. The number of halogens is 4. The number of aromatic nitrogens is 1. The molecule has 136 valence electrons. The number of nitrogens with zero attached hydrogens (tertiary/aromatic N) is 1. The molecule has 0 bridgehead atoms. The topological polar surface area (TPSA) is 122 Å². The summed E-state index contributed by atoms with van der Waals surface area (Å²) >= 11 is 0. The van der Waals surface area contributed by atoms with E-state index in [0.717, 1.165) is 12.1 Å². The smallest absolute Gasteiger partial charge is 0.475 e. The molecule has 1 aromatic carbocycles. The predicted molar refractivity (Wildman–Crippen MR) is 79.5 cm³/mol. The second-order valence-electron chi connectivity index (χ2n) is 4.31. The highest BCUT2D eigenvalue weighted by molar-refractivity contribution is 7.92. The van der Waals surface area contributed by atoms with Gasteiger partial charge < -0.3 is 10.8 Å². The van der Waals surface area contributed by atoms with Gasteiger partial charge >= 0.3 is 12.1 Å². The van der Waals surface area contributed by atoms with Crippen LogP contribution in [0.1, 0.15) is 0 Å². The zero-order valence-corrected chi connectivity index (χ0v) is 13.0. The molecule has 7 nitrogen and oxygen atoms in total. The summed E-state index contributed by atoms with van der Waals surface area (Å²) in [6.07, 6.45) is -5.08. The van der Waals surface area contributed by atoms with Crippen LogP contribution in [-0.2, 0) is 14.8 Å². The van der Waals surface area contributed by atoms with Gasteiger partial charge in [0, 0.05) is 0 Å². The maximum absolute atomic E-state index is 12.7. The Labute approximate surface area is 139 Å². The molecule has 0 aliphatic heterocycles. The molecule has 0 saturated heterocycles. The van der Waals surface area contributed by atoms with E-state index >= 15 is 0 Å². The highest BCUT2D eigenvalue weighted by Gasteiger charge is 2.38. The maximum Gasteiger partial charge on any atom is 0.490 e. The number of aliphatic carboxylic acids is 1. The molecule has 1 heterocycles. The van der Waals surface area contributed by atoms with Crippen molar-refractivity contribution in [3.63, 3.8) is 0 Å². The molecular weight excluding hydrogens is 370 g/mol. The number of nitrogen functional groups attached to an aromatic ring is 1. The number of rotatable bonds is 3. The van der Waals surface area contributed by atoms with Crippen molar-refractivity contribution in [2.45, 2.75) is 11.1 Å². The van der Waals surface area contributed by atoms with Crippen LogP contribution in [0.3, 0.4) is 0 Å². The largest absolute Gasteiger partial charge is 0.490 e.